The summed E-state index contributed by atoms with van der Waals surface area (Å²) < 4.78 is 27.5. The van der Waals surface area contributed by atoms with E-state index in [-0.39, 0.29) is 11.1 Å². The molecule has 0 N–H and O–H groups in total. The highest BCUT2D eigenvalue weighted by molar-refractivity contribution is 9.10. The van der Waals surface area contributed by atoms with Crippen molar-refractivity contribution in [2.24, 2.45) is 0 Å². The van der Waals surface area contributed by atoms with Crippen LogP contribution < -0.4 is 0 Å². The van der Waals surface area contributed by atoms with Gasteiger partial charge in [-0.1, -0.05) is 27.6 Å². The van der Waals surface area contributed by atoms with Crippen LogP contribution >= 0.6 is 15.9 Å². The first-order chi connectivity index (χ1) is 8.90. The summed E-state index contributed by atoms with van der Waals surface area (Å²) in [4.78, 5) is 12.3. The first-order valence-electron chi connectivity index (χ1n) is 5.66. The molecule has 0 unspecified atom stereocenters. The molecule has 4 heteroatoms. The SMILES string of the molecule is Cc1ccc(Br)c(C(=O)c2cc(C)c(F)cc2F)c1. The third kappa shape index (κ3) is 2.73. The van der Waals surface area contributed by atoms with Crippen molar-refractivity contribution in [3.05, 3.63) is 68.7 Å². The molecule has 19 heavy (non-hydrogen) atoms. The third-order valence-electron chi connectivity index (χ3n) is 2.86. The van der Waals surface area contributed by atoms with Crippen molar-refractivity contribution >= 4 is 21.7 Å². The lowest BCUT2D eigenvalue weighted by Crippen LogP contribution is -2.07. The first-order valence-corrected chi connectivity index (χ1v) is 6.46. The lowest BCUT2D eigenvalue weighted by atomic mass is 9.99. The maximum Gasteiger partial charge on any atom is 0.197 e. The normalized spacial score (nSPS) is 10.6. The molecule has 0 saturated carbocycles. The topological polar surface area (TPSA) is 17.1 Å². The van der Waals surface area contributed by atoms with Gasteiger partial charge >= 0.3 is 0 Å². The van der Waals surface area contributed by atoms with Gasteiger partial charge in [0, 0.05) is 16.1 Å². The summed E-state index contributed by atoms with van der Waals surface area (Å²) in [6.07, 6.45) is 0. The van der Waals surface area contributed by atoms with Crippen molar-refractivity contribution < 1.29 is 13.6 Å². The molecule has 2 aromatic rings. The van der Waals surface area contributed by atoms with Crippen LogP contribution in [0.4, 0.5) is 8.78 Å². The quantitative estimate of drug-likeness (QED) is 0.739. The van der Waals surface area contributed by atoms with Gasteiger partial charge in [0.25, 0.3) is 0 Å². The van der Waals surface area contributed by atoms with Crippen molar-refractivity contribution in [2.75, 3.05) is 0 Å². The Morgan fingerprint density at radius 2 is 1.68 bits per heavy atom. The zero-order valence-electron chi connectivity index (χ0n) is 10.4. The van der Waals surface area contributed by atoms with Gasteiger partial charge in [0.2, 0.25) is 0 Å². The molecule has 0 amide bonds. The number of hydrogen-bond donors (Lipinski definition) is 0. The van der Waals surface area contributed by atoms with Crippen LogP contribution in [0.25, 0.3) is 0 Å². The molecule has 2 aromatic carbocycles. The number of hydrogen-bond acceptors (Lipinski definition) is 1. The van der Waals surface area contributed by atoms with Crippen LogP contribution in [0.2, 0.25) is 0 Å². The van der Waals surface area contributed by atoms with Gasteiger partial charge in [-0.3, -0.25) is 4.79 Å². The van der Waals surface area contributed by atoms with Gasteiger partial charge in [-0.25, -0.2) is 8.78 Å². The van der Waals surface area contributed by atoms with Crippen LogP contribution in [0.3, 0.4) is 0 Å². The molecular weight excluding hydrogens is 314 g/mol. The Morgan fingerprint density at radius 3 is 2.37 bits per heavy atom. The molecule has 0 spiro atoms. The lowest BCUT2D eigenvalue weighted by Gasteiger charge is -2.08. The van der Waals surface area contributed by atoms with Gasteiger partial charge in [-0.05, 0) is 37.6 Å². The van der Waals surface area contributed by atoms with Gasteiger partial charge in [0.05, 0.1) is 5.56 Å². The largest absolute Gasteiger partial charge is 0.288 e. The Morgan fingerprint density at radius 1 is 1.00 bits per heavy atom. The second-order valence-corrected chi connectivity index (χ2v) is 5.25. The van der Waals surface area contributed by atoms with Gasteiger partial charge in [-0.2, -0.15) is 0 Å². The highest BCUT2D eigenvalue weighted by Gasteiger charge is 2.18. The van der Waals surface area contributed by atoms with Crippen molar-refractivity contribution in [2.45, 2.75) is 13.8 Å². The predicted molar refractivity (Wildman–Crippen MR) is 73.4 cm³/mol. The second-order valence-electron chi connectivity index (χ2n) is 4.39. The van der Waals surface area contributed by atoms with Crippen molar-refractivity contribution in [1.82, 2.24) is 0 Å². The molecule has 2 rings (SSSR count). The Bertz CT molecular complexity index is 665. The number of rotatable bonds is 2. The van der Waals surface area contributed by atoms with E-state index in [1.165, 1.54) is 13.0 Å². The average Bonchev–Trinajstić information content (AvgIpc) is 2.36. The van der Waals surface area contributed by atoms with Crippen LogP contribution in [0.5, 0.6) is 0 Å². The maximum absolute atomic E-state index is 13.7. The van der Waals surface area contributed by atoms with E-state index in [9.17, 15) is 13.6 Å². The number of ketones is 1. The molecule has 98 valence electrons. The molecule has 0 bridgehead atoms. The minimum atomic E-state index is -0.846. The molecule has 0 heterocycles. The molecule has 0 aromatic heterocycles. The Labute approximate surface area is 118 Å². The van der Waals surface area contributed by atoms with Crippen molar-refractivity contribution in [3.63, 3.8) is 0 Å². The van der Waals surface area contributed by atoms with Crippen LogP contribution in [0, 0.1) is 25.5 Å². The van der Waals surface area contributed by atoms with E-state index >= 15 is 0 Å². The molecule has 1 nitrogen and oxygen atoms in total. The minimum absolute atomic E-state index is 0.120. The van der Waals surface area contributed by atoms with E-state index in [0.29, 0.717) is 10.0 Å². The van der Waals surface area contributed by atoms with E-state index < -0.39 is 17.4 Å². The Balaban J connectivity index is 2.56. The van der Waals surface area contributed by atoms with E-state index in [2.05, 4.69) is 15.9 Å². The van der Waals surface area contributed by atoms with Crippen molar-refractivity contribution in [3.8, 4) is 0 Å². The van der Waals surface area contributed by atoms with Gasteiger partial charge < -0.3 is 0 Å². The molecule has 0 fully saturated rings. The number of halogens is 3. The minimum Gasteiger partial charge on any atom is -0.288 e. The van der Waals surface area contributed by atoms with Crippen LogP contribution in [-0.4, -0.2) is 5.78 Å². The predicted octanol–water partition coefficient (Wildman–Crippen LogP) is 4.58. The van der Waals surface area contributed by atoms with E-state index in [1.54, 1.807) is 12.1 Å². The van der Waals surface area contributed by atoms with E-state index in [4.69, 9.17) is 0 Å². The molecule has 0 atom stereocenters. The average molecular weight is 325 g/mol. The van der Waals surface area contributed by atoms with Crippen LogP contribution in [0.1, 0.15) is 27.0 Å². The summed E-state index contributed by atoms with van der Waals surface area (Å²) in [5.74, 6) is -1.96. The summed E-state index contributed by atoms with van der Waals surface area (Å²) >= 11 is 3.27. The fourth-order valence-electron chi connectivity index (χ4n) is 1.79. The standard InChI is InChI=1S/C15H11BrF2O/c1-8-3-4-12(16)10(5-8)15(19)11-6-9(2)13(17)7-14(11)18/h3-7H,1-2H3. The Kier molecular flexibility index (Phi) is 3.80. The summed E-state index contributed by atoms with van der Waals surface area (Å²) in [5.41, 5.74) is 1.38. The molecule has 0 aliphatic heterocycles. The molecule has 0 aliphatic rings. The summed E-state index contributed by atoms with van der Waals surface area (Å²) in [6.45, 7) is 3.34. The fraction of sp³-hybridized carbons (Fsp3) is 0.133. The number of carbonyl (C=O) groups excluding carboxylic acids is 1. The smallest absolute Gasteiger partial charge is 0.197 e. The zero-order chi connectivity index (χ0) is 14.2. The molecule has 0 radical (unpaired) electrons. The Hall–Kier alpha value is -1.55. The first kappa shape index (κ1) is 13.9. The van der Waals surface area contributed by atoms with E-state index in [0.717, 1.165) is 11.6 Å². The molecular formula is C15H11BrF2O. The maximum atomic E-state index is 13.7. The van der Waals surface area contributed by atoms with Gasteiger partial charge in [0.1, 0.15) is 11.6 Å². The highest BCUT2D eigenvalue weighted by atomic mass is 79.9. The van der Waals surface area contributed by atoms with Crippen LogP contribution in [-0.2, 0) is 0 Å². The lowest BCUT2D eigenvalue weighted by molar-refractivity contribution is 0.103. The number of benzene rings is 2. The monoisotopic (exact) mass is 324 g/mol. The fourth-order valence-corrected chi connectivity index (χ4v) is 2.22. The van der Waals surface area contributed by atoms with E-state index in [1.807, 2.05) is 13.0 Å². The van der Waals surface area contributed by atoms with Crippen molar-refractivity contribution in [1.29, 1.82) is 0 Å². The van der Waals surface area contributed by atoms with Gasteiger partial charge in [0.15, 0.2) is 5.78 Å². The zero-order valence-corrected chi connectivity index (χ0v) is 12.0. The second kappa shape index (κ2) is 5.21. The highest BCUT2D eigenvalue weighted by Crippen LogP contribution is 2.24. The molecule has 0 saturated heterocycles. The third-order valence-corrected chi connectivity index (χ3v) is 3.55. The summed E-state index contributed by atoms with van der Waals surface area (Å²) in [6, 6.07) is 7.22. The molecule has 0 aliphatic carbocycles. The van der Waals surface area contributed by atoms with Crippen LogP contribution in [0.15, 0.2) is 34.8 Å². The summed E-state index contributed by atoms with van der Waals surface area (Å²) in [7, 11) is 0. The van der Waals surface area contributed by atoms with Gasteiger partial charge in [-0.15, -0.1) is 0 Å². The number of aryl methyl sites for hydroxylation is 2. The number of carbonyl (C=O) groups is 1. The summed E-state index contributed by atoms with van der Waals surface area (Å²) in [5, 5.41) is 0.